The highest BCUT2D eigenvalue weighted by Gasteiger charge is 2.11. The fourth-order valence-electron chi connectivity index (χ4n) is 1.10. The van der Waals surface area contributed by atoms with Gasteiger partial charge in [-0.05, 0) is 12.1 Å². The van der Waals surface area contributed by atoms with Crippen molar-refractivity contribution in [2.75, 3.05) is 0 Å². The number of fused-ring (bicyclic) bond motifs is 1. The molecule has 0 fully saturated rings. The summed E-state index contributed by atoms with van der Waals surface area (Å²) in [5.41, 5.74) is 0. The molecule has 0 saturated heterocycles. The number of benzene rings is 1. The lowest BCUT2D eigenvalue weighted by Gasteiger charge is -1.93. The minimum atomic E-state index is -0.0689. The second-order valence-corrected chi connectivity index (χ2v) is 3.92. The van der Waals surface area contributed by atoms with Crippen molar-refractivity contribution in [3.63, 3.8) is 0 Å². The summed E-state index contributed by atoms with van der Waals surface area (Å²) in [5.74, 6) is -0.0689. The Hall–Kier alpha value is -0.870. The quantitative estimate of drug-likeness (QED) is 0.569. The van der Waals surface area contributed by atoms with Gasteiger partial charge in [0.1, 0.15) is 0 Å². The highest BCUT2D eigenvalue weighted by atomic mass is 32.1. The minimum Gasteiger partial charge on any atom is -0.503 e. The average molecular weight is 198 g/mol. The van der Waals surface area contributed by atoms with E-state index in [9.17, 15) is 10.2 Å². The normalized spacial score (nSPS) is 10.8. The van der Waals surface area contributed by atoms with Crippen LogP contribution in [0.15, 0.2) is 23.1 Å². The Kier molecular flexibility index (Phi) is 1.66. The highest BCUT2D eigenvalue weighted by Crippen LogP contribution is 2.44. The summed E-state index contributed by atoms with van der Waals surface area (Å²) in [5, 5.41) is 19.2. The molecule has 62 valence electrons. The number of hydrogen-bond donors (Lipinski definition) is 3. The monoisotopic (exact) mass is 198 g/mol. The number of aromatic hydroxyl groups is 2. The molecule has 0 bridgehead atoms. The fourth-order valence-corrected chi connectivity index (χ4v) is 2.35. The molecule has 0 aliphatic heterocycles. The van der Waals surface area contributed by atoms with Gasteiger partial charge in [-0.2, -0.15) is 0 Å². The predicted octanol–water partition coefficient (Wildman–Crippen LogP) is 2.60. The Bertz CT molecular complexity index is 434. The number of rotatable bonds is 0. The predicted molar refractivity (Wildman–Crippen MR) is 52.4 cm³/mol. The van der Waals surface area contributed by atoms with Crippen LogP contribution in [0.5, 0.6) is 10.8 Å². The van der Waals surface area contributed by atoms with Gasteiger partial charge >= 0.3 is 0 Å². The van der Waals surface area contributed by atoms with Crippen molar-refractivity contribution in [3.05, 3.63) is 18.2 Å². The molecule has 0 saturated carbocycles. The second-order valence-electron chi connectivity index (χ2n) is 2.41. The van der Waals surface area contributed by atoms with Gasteiger partial charge in [0.25, 0.3) is 0 Å². The summed E-state index contributed by atoms with van der Waals surface area (Å²) < 4.78 is 0.845. The lowest BCUT2D eigenvalue weighted by Crippen LogP contribution is -1.67. The first-order valence-electron chi connectivity index (χ1n) is 3.32. The van der Waals surface area contributed by atoms with Crippen LogP contribution in [0.3, 0.4) is 0 Å². The van der Waals surface area contributed by atoms with E-state index in [0.29, 0.717) is 10.3 Å². The Morgan fingerprint density at radius 2 is 2.00 bits per heavy atom. The molecule has 0 atom stereocenters. The molecule has 0 unspecified atom stereocenters. The number of thiophene rings is 1. The molecule has 0 aliphatic rings. The number of thiol groups is 1. The standard InChI is InChI=1S/C8H6O2S2/c9-7-6-4(11)2-1-3-5(6)12-8(7)10/h1-3,9-11H. The topological polar surface area (TPSA) is 40.5 Å². The average Bonchev–Trinajstić information content (AvgIpc) is 2.29. The van der Waals surface area contributed by atoms with Crippen molar-refractivity contribution in [3.8, 4) is 10.8 Å². The van der Waals surface area contributed by atoms with Crippen molar-refractivity contribution in [2.24, 2.45) is 0 Å². The van der Waals surface area contributed by atoms with Crippen LogP contribution in [0.2, 0.25) is 0 Å². The SMILES string of the molecule is Oc1sc2cccc(S)c2c1O. The van der Waals surface area contributed by atoms with E-state index in [0.717, 1.165) is 16.0 Å². The smallest absolute Gasteiger partial charge is 0.215 e. The molecule has 0 aliphatic carbocycles. The molecular formula is C8H6O2S2. The molecule has 1 aromatic carbocycles. The molecule has 1 aromatic heterocycles. The maximum atomic E-state index is 9.39. The summed E-state index contributed by atoms with van der Waals surface area (Å²) in [4.78, 5) is 0.682. The van der Waals surface area contributed by atoms with E-state index in [4.69, 9.17) is 0 Å². The van der Waals surface area contributed by atoms with Gasteiger partial charge in [0.2, 0.25) is 5.06 Å². The van der Waals surface area contributed by atoms with Gasteiger partial charge in [-0.1, -0.05) is 17.4 Å². The summed E-state index contributed by atoms with van der Waals surface area (Å²) in [6, 6.07) is 5.44. The lowest BCUT2D eigenvalue weighted by atomic mass is 10.2. The van der Waals surface area contributed by atoms with Crippen LogP contribution >= 0.6 is 24.0 Å². The van der Waals surface area contributed by atoms with E-state index in [1.54, 1.807) is 6.07 Å². The Labute approximate surface area is 78.5 Å². The van der Waals surface area contributed by atoms with Gasteiger partial charge in [0.05, 0.1) is 5.39 Å². The summed E-state index contributed by atoms with van der Waals surface area (Å²) >= 11 is 5.32. The zero-order chi connectivity index (χ0) is 8.72. The Morgan fingerprint density at radius 1 is 1.25 bits per heavy atom. The van der Waals surface area contributed by atoms with Gasteiger partial charge in [-0.3, -0.25) is 0 Å². The molecule has 0 radical (unpaired) electrons. The third kappa shape index (κ3) is 0.956. The highest BCUT2D eigenvalue weighted by molar-refractivity contribution is 7.80. The Morgan fingerprint density at radius 3 is 2.67 bits per heavy atom. The first kappa shape index (κ1) is 7.76. The van der Waals surface area contributed by atoms with E-state index >= 15 is 0 Å². The second kappa shape index (κ2) is 2.57. The third-order valence-electron chi connectivity index (χ3n) is 1.65. The molecule has 2 N–H and O–H groups in total. The zero-order valence-electron chi connectivity index (χ0n) is 5.98. The molecule has 2 aromatic rings. The van der Waals surface area contributed by atoms with Gasteiger partial charge in [0, 0.05) is 9.60 Å². The van der Waals surface area contributed by atoms with Crippen molar-refractivity contribution >= 4 is 34.1 Å². The largest absolute Gasteiger partial charge is 0.503 e. The van der Waals surface area contributed by atoms with Crippen molar-refractivity contribution in [1.82, 2.24) is 0 Å². The van der Waals surface area contributed by atoms with Crippen molar-refractivity contribution in [2.45, 2.75) is 4.90 Å². The molecule has 0 spiro atoms. The lowest BCUT2D eigenvalue weighted by molar-refractivity contribution is 0.419. The summed E-state index contributed by atoms with van der Waals surface area (Å²) in [6.07, 6.45) is 0. The molecule has 2 rings (SSSR count). The Balaban J connectivity index is 2.97. The van der Waals surface area contributed by atoms with Crippen LogP contribution in [0, 0.1) is 0 Å². The zero-order valence-corrected chi connectivity index (χ0v) is 7.69. The van der Waals surface area contributed by atoms with E-state index in [2.05, 4.69) is 12.6 Å². The maximum Gasteiger partial charge on any atom is 0.215 e. The first-order valence-corrected chi connectivity index (χ1v) is 4.59. The fraction of sp³-hybridized carbons (Fsp3) is 0. The van der Waals surface area contributed by atoms with Gasteiger partial charge in [0.15, 0.2) is 5.75 Å². The van der Waals surface area contributed by atoms with E-state index < -0.39 is 0 Å². The molecule has 2 nitrogen and oxygen atoms in total. The van der Waals surface area contributed by atoms with Gasteiger partial charge in [-0.25, -0.2) is 0 Å². The van der Waals surface area contributed by atoms with Crippen LogP contribution in [0.25, 0.3) is 10.1 Å². The molecule has 0 amide bonds. The first-order chi connectivity index (χ1) is 5.70. The van der Waals surface area contributed by atoms with Crippen molar-refractivity contribution in [1.29, 1.82) is 0 Å². The van der Waals surface area contributed by atoms with Crippen LogP contribution in [0.4, 0.5) is 0 Å². The summed E-state index contributed by atoms with van der Waals surface area (Å²) in [7, 11) is 0. The minimum absolute atomic E-state index is 0.0495. The van der Waals surface area contributed by atoms with E-state index in [1.165, 1.54) is 0 Å². The third-order valence-corrected chi connectivity index (χ3v) is 2.97. The molecule has 4 heteroatoms. The molecular weight excluding hydrogens is 192 g/mol. The maximum absolute atomic E-state index is 9.39. The van der Waals surface area contributed by atoms with E-state index in [-0.39, 0.29) is 10.8 Å². The van der Waals surface area contributed by atoms with Crippen LogP contribution < -0.4 is 0 Å². The van der Waals surface area contributed by atoms with Crippen LogP contribution in [-0.4, -0.2) is 10.2 Å². The van der Waals surface area contributed by atoms with Crippen LogP contribution in [-0.2, 0) is 0 Å². The van der Waals surface area contributed by atoms with Gasteiger partial charge in [-0.15, -0.1) is 12.6 Å². The summed E-state index contributed by atoms with van der Waals surface area (Å²) in [6.45, 7) is 0. The molecule has 1 heterocycles. The van der Waals surface area contributed by atoms with Crippen LogP contribution in [0.1, 0.15) is 0 Å². The van der Waals surface area contributed by atoms with Crippen molar-refractivity contribution < 1.29 is 10.2 Å². The van der Waals surface area contributed by atoms with Gasteiger partial charge < -0.3 is 10.2 Å². The number of hydrogen-bond acceptors (Lipinski definition) is 4. The van der Waals surface area contributed by atoms with E-state index in [1.807, 2.05) is 12.1 Å². The molecule has 12 heavy (non-hydrogen) atoms.